The molecule has 0 aliphatic heterocycles. The number of alkyl halides is 3. The third kappa shape index (κ3) is 4.18. The zero-order valence-corrected chi connectivity index (χ0v) is 12.9. The number of hydrogen-bond donors (Lipinski definition) is 1. The van der Waals surface area contributed by atoms with Crippen LogP contribution in [0.3, 0.4) is 0 Å². The molecule has 8 heteroatoms. The van der Waals surface area contributed by atoms with Gasteiger partial charge in [0.2, 0.25) is 0 Å². The summed E-state index contributed by atoms with van der Waals surface area (Å²) in [7, 11) is 0. The number of halogens is 3. The maximum atomic E-state index is 13.1. The number of aryl methyl sites for hydroxylation is 1. The second-order valence-corrected chi connectivity index (χ2v) is 6.36. The molecule has 0 bridgehead atoms. The number of nitrogens with zero attached hydrogens (tertiary/aromatic N) is 2. The van der Waals surface area contributed by atoms with Gasteiger partial charge in [-0.15, -0.1) is 0 Å². The number of nitrogens with two attached hydrogens (primary N) is 1. The predicted molar refractivity (Wildman–Crippen MR) is 77.6 cm³/mol. The fourth-order valence-corrected chi connectivity index (χ4v) is 3.49. The largest absolute Gasteiger partial charge is 0.416 e. The molecule has 2 N–H and O–H groups in total. The molecule has 2 rings (SSSR count). The molecule has 0 unspecified atom stereocenters. The minimum atomic E-state index is -4.38. The SMILES string of the molecule is CCc1nsc(Sc2ccc(CCN)c(C(F)(F)F)c2)n1. The molecule has 3 nitrogen and oxygen atoms in total. The summed E-state index contributed by atoms with van der Waals surface area (Å²) in [6, 6.07) is 4.31. The van der Waals surface area contributed by atoms with Crippen LogP contribution in [-0.2, 0) is 19.0 Å². The summed E-state index contributed by atoms with van der Waals surface area (Å²) in [5.74, 6) is 0.707. The van der Waals surface area contributed by atoms with Crippen LogP contribution in [-0.4, -0.2) is 15.9 Å². The molecular formula is C13H14F3N3S2. The quantitative estimate of drug-likeness (QED) is 0.905. The van der Waals surface area contributed by atoms with Crippen molar-refractivity contribution in [2.45, 2.75) is 35.2 Å². The van der Waals surface area contributed by atoms with Crippen LogP contribution in [0.4, 0.5) is 13.2 Å². The van der Waals surface area contributed by atoms with E-state index in [-0.39, 0.29) is 18.5 Å². The van der Waals surface area contributed by atoms with E-state index < -0.39 is 11.7 Å². The maximum absolute atomic E-state index is 13.1. The average Bonchev–Trinajstić information content (AvgIpc) is 2.87. The first-order chi connectivity index (χ1) is 9.94. The fraction of sp³-hybridized carbons (Fsp3) is 0.385. The number of aromatic nitrogens is 2. The van der Waals surface area contributed by atoms with Gasteiger partial charge >= 0.3 is 6.18 Å². The first-order valence-corrected chi connectivity index (χ1v) is 7.93. The molecule has 0 spiro atoms. The highest BCUT2D eigenvalue weighted by Crippen LogP contribution is 2.37. The minimum absolute atomic E-state index is 0.186. The molecule has 0 saturated carbocycles. The van der Waals surface area contributed by atoms with Gasteiger partial charge < -0.3 is 5.73 Å². The monoisotopic (exact) mass is 333 g/mol. The van der Waals surface area contributed by atoms with E-state index in [9.17, 15) is 13.2 Å². The van der Waals surface area contributed by atoms with Crippen molar-refractivity contribution in [2.24, 2.45) is 5.73 Å². The number of hydrogen-bond acceptors (Lipinski definition) is 5. The third-order valence-corrected chi connectivity index (χ3v) is 4.55. The zero-order chi connectivity index (χ0) is 15.5. The molecule has 1 aromatic heterocycles. The highest BCUT2D eigenvalue weighted by molar-refractivity contribution is 8.01. The summed E-state index contributed by atoms with van der Waals surface area (Å²) in [4.78, 5) is 4.75. The van der Waals surface area contributed by atoms with Crippen molar-refractivity contribution >= 4 is 23.3 Å². The summed E-state index contributed by atoms with van der Waals surface area (Å²) < 4.78 is 44.0. The highest BCUT2D eigenvalue weighted by atomic mass is 32.2. The van der Waals surface area contributed by atoms with Gasteiger partial charge in [0.15, 0.2) is 4.34 Å². The van der Waals surface area contributed by atoms with Gasteiger partial charge in [-0.1, -0.05) is 24.8 Å². The lowest BCUT2D eigenvalue weighted by Gasteiger charge is -2.13. The lowest BCUT2D eigenvalue weighted by molar-refractivity contribution is -0.138. The van der Waals surface area contributed by atoms with E-state index in [4.69, 9.17) is 5.73 Å². The molecule has 2 aromatic rings. The van der Waals surface area contributed by atoms with E-state index >= 15 is 0 Å². The Morgan fingerprint density at radius 3 is 2.67 bits per heavy atom. The van der Waals surface area contributed by atoms with Crippen LogP contribution < -0.4 is 5.73 Å². The van der Waals surface area contributed by atoms with Crippen molar-refractivity contribution < 1.29 is 13.2 Å². The summed E-state index contributed by atoms with van der Waals surface area (Å²) in [5.41, 5.74) is 4.96. The topological polar surface area (TPSA) is 51.8 Å². The Bertz CT molecular complexity index is 611. The Labute approximate surface area is 128 Å². The maximum Gasteiger partial charge on any atom is 0.416 e. The number of benzene rings is 1. The highest BCUT2D eigenvalue weighted by Gasteiger charge is 2.33. The van der Waals surface area contributed by atoms with E-state index in [2.05, 4.69) is 9.36 Å². The fourth-order valence-electron chi connectivity index (χ4n) is 1.78. The minimum Gasteiger partial charge on any atom is -0.330 e. The standard InChI is InChI=1S/C13H14F3N3S2/c1-2-11-18-12(21-19-11)20-9-4-3-8(5-6-17)10(7-9)13(14,15)16/h3-4,7H,2,5-6,17H2,1H3. The van der Waals surface area contributed by atoms with Crippen molar-refractivity contribution in [3.63, 3.8) is 0 Å². The lowest BCUT2D eigenvalue weighted by Crippen LogP contribution is -2.12. The summed E-state index contributed by atoms with van der Waals surface area (Å²) in [6.07, 6.45) is -3.46. The first kappa shape index (κ1) is 16.3. The Balaban J connectivity index is 2.28. The lowest BCUT2D eigenvalue weighted by atomic mass is 10.0. The predicted octanol–water partition coefficient (Wildman–Crippen LogP) is 3.77. The normalized spacial score (nSPS) is 11.9. The van der Waals surface area contributed by atoms with E-state index in [0.717, 1.165) is 6.07 Å². The van der Waals surface area contributed by atoms with E-state index in [1.54, 1.807) is 6.07 Å². The van der Waals surface area contributed by atoms with Crippen LogP contribution in [0.5, 0.6) is 0 Å². The molecule has 0 fully saturated rings. The van der Waals surface area contributed by atoms with Gasteiger partial charge in [-0.25, -0.2) is 4.98 Å². The molecule has 114 valence electrons. The molecular weight excluding hydrogens is 319 g/mol. The molecule has 0 atom stereocenters. The Morgan fingerprint density at radius 1 is 1.33 bits per heavy atom. The van der Waals surface area contributed by atoms with Crippen molar-refractivity contribution in [1.82, 2.24) is 9.36 Å². The second kappa shape index (κ2) is 6.76. The van der Waals surface area contributed by atoms with E-state index in [0.29, 0.717) is 21.5 Å². The molecule has 1 aromatic carbocycles. The molecule has 1 heterocycles. The third-order valence-electron chi connectivity index (χ3n) is 2.77. The van der Waals surface area contributed by atoms with Crippen molar-refractivity contribution in [3.05, 3.63) is 35.2 Å². The molecule has 0 saturated heterocycles. The van der Waals surface area contributed by atoms with Crippen LogP contribution in [0, 0.1) is 0 Å². The molecule has 21 heavy (non-hydrogen) atoms. The Hall–Kier alpha value is -1.12. The van der Waals surface area contributed by atoms with Gasteiger partial charge in [0.05, 0.1) is 5.56 Å². The van der Waals surface area contributed by atoms with Crippen LogP contribution in [0.1, 0.15) is 23.9 Å². The van der Waals surface area contributed by atoms with Crippen LogP contribution in [0.25, 0.3) is 0 Å². The molecule has 0 aliphatic rings. The Morgan fingerprint density at radius 2 is 2.10 bits per heavy atom. The first-order valence-electron chi connectivity index (χ1n) is 6.34. The summed E-state index contributed by atoms with van der Waals surface area (Å²) in [6.45, 7) is 2.12. The van der Waals surface area contributed by atoms with Crippen LogP contribution in [0.15, 0.2) is 27.4 Å². The second-order valence-electron chi connectivity index (χ2n) is 4.29. The van der Waals surface area contributed by atoms with Gasteiger partial charge in [-0.3, -0.25) is 0 Å². The summed E-state index contributed by atoms with van der Waals surface area (Å²) >= 11 is 2.39. The van der Waals surface area contributed by atoms with Gasteiger partial charge in [-0.2, -0.15) is 17.5 Å². The zero-order valence-electron chi connectivity index (χ0n) is 11.3. The molecule has 0 amide bonds. The van der Waals surface area contributed by atoms with E-state index in [1.165, 1.54) is 29.4 Å². The van der Waals surface area contributed by atoms with E-state index in [1.807, 2.05) is 6.92 Å². The smallest absolute Gasteiger partial charge is 0.330 e. The average molecular weight is 333 g/mol. The summed E-state index contributed by atoms with van der Waals surface area (Å²) in [5, 5.41) is 0. The van der Waals surface area contributed by atoms with Gasteiger partial charge in [0.1, 0.15) is 5.82 Å². The van der Waals surface area contributed by atoms with Crippen molar-refractivity contribution in [2.75, 3.05) is 6.54 Å². The number of rotatable bonds is 5. The van der Waals surface area contributed by atoms with Crippen LogP contribution in [0.2, 0.25) is 0 Å². The van der Waals surface area contributed by atoms with Gasteiger partial charge in [-0.05, 0) is 42.2 Å². The Kier molecular flexibility index (Phi) is 5.23. The molecule has 0 radical (unpaired) electrons. The van der Waals surface area contributed by atoms with Crippen molar-refractivity contribution in [1.29, 1.82) is 0 Å². The van der Waals surface area contributed by atoms with Crippen molar-refractivity contribution in [3.8, 4) is 0 Å². The van der Waals surface area contributed by atoms with Crippen LogP contribution >= 0.6 is 23.3 Å². The van der Waals surface area contributed by atoms with Gasteiger partial charge in [0, 0.05) is 11.3 Å². The molecule has 0 aliphatic carbocycles. The van der Waals surface area contributed by atoms with Gasteiger partial charge in [0.25, 0.3) is 0 Å².